The maximum absolute atomic E-state index is 12.5. The van der Waals surface area contributed by atoms with Crippen molar-refractivity contribution in [2.45, 2.75) is 51.0 Å². The molecule has 4 nitrogen and oxygen atoms in total. The van der Waals surface area contributed by atoms with Crippen LogP contribution in [0.1, 0.15) is 49.7 Å². The number of fused-ring (bicyclic) bond motifs is 1. The fraction of sp³-hybridized carbons (Fsp3) is 0.474. The number of ketones is 1. The van der Waals surface area contributed by atoms with Gasteiger partial charge in [0.1, 0.15) is 0 Å². The third-order valence-electron chi connectivity index (χ3n) is 5.31. The Kier molecular flexibility index (Phi) is 4.35. The highest BCUT2D eigenvalue weighted by molar-refractivity contribution is 5.91. The first-order chi connectivity index (χ1) is 11.0. The minimum Gasteiger partial charge on any atom is -0.481 e. The number of Topliss-reactive ketones (excluding diaryl/α,β-unsaturated/α-hetero) is 1. The predicted octanol–water partition coefficient (Wildman–Crippen LogP) is 2.95. The second kappa shape index (κ2) is 6.28. The topological polar surface area (TPSA) is 80.4 Å². The van der Waals surface area contributed by atoms with E-state index in [2.05, 4.69) is 18.2 Å². The van der Waals surface area contributed by atoms with Gasteiger partial charge >= 0.3 is 5.97 Å². The number of carbonyl (C=O) groups excluding carboxylic acids is 1. The second-order valence-electron chi connectivity index (χ2n) is 6.84. The van der Waals surface area contributed by atoms with Crippen molar-refractivity contribution in [1.82, 2.24) is 0 Å². The summed E-state index contributed by atoms with van der Waals surface area (Å²) in [5.41, 5.74) is 8.77. The third-order valence-corrected chi connectivity index (χ3v) is 5.31. The van der Waals surface area contributed by atoms with Crippen LogP contribution in [0.2, 0.25) is 0 Å². The van der Waals surface area contributed by atoms with Gasteiger partial charge in [0.25, 0.3) is 0 Å². The SMILES string of the molecule is N[C@H](CC1=CCc2ccccc21)C(=O)CC1(C(=O)O)CCCC1. The fourth-order valence-corrected chi connectivity index (χ4v) is 3.88. The molecule has 23 heavy (non-hydrogen) atoms. The number of aliphatic carboxylic acids is 1. The van der Waals surface area contributed by atoms with E-state index < -0.39 is 17.4 Å². The fourth-order valence-electron chi connectivity index (χ4n) is 3.88. The minimum absolute atomic E-state index is 0.0679. The van der Waals surface area contributed by atoms with Crippen LogP contribution >= 0.6 is 0 Å². The Bertz CT molecular complexity index is 656. The van der Waals surface area contributed by atoms with Gasteiger partial charge in [-0.05, 0) is 42.4 Å². The molecule has 4 heteroatoms. The molecule has 1 fully saturated rings. The summed E-state index contributed by atoms with van der Waals surface area (Å²) in [7, 11) is 0. The summed E-state index contributed by atoms with van der Waals surface area (Å²) in [6.07, 6.45) is 6.51. The minimum atomic E-state index is -0.878. The lowest BCUT2D eigenvalue weighted by Crippen LogP contribution is -2.38. The van der Waals surface area contributed by atoms with E-state index in [-0.39, 0.29) is 12.2 Å². The smallest absolute Gasteiger partial charge is 0.310 e. The molecule has 2 aliphatic rings. The molecule has 1 aromatic carbocycles. The van der Waals surface area contributed by atoms with Crippen molar-refractivity contribution < 1.29 is 14.7 Å². The van der Waals surface area contributed by atoms with E-state index >= 15 is 0 Å². The summed E-state index contributed by atoms with van der Waals surface area (Å²) in [6.45, 7) is 0. The van der Waals surface area contributed by atoms with Crippen LogP contribution in [0.5, 0.6) is 0 Å². The Hall–Kier alpha value is -1.94. The Morgan fingerprint density at radius 2 is 1.91 bits per heavy atom. The normalized spacial score (nSPS) is 20.0. The highest BCUT2D eigenvalue weighted by Crippen LogP contribution is 2.42. The number of carboxylic acids is 1. The van der Waals surface area contributed by atoms with Crippen molar-refractivity contribution in [3.8, 4) is 0 Å². The van der Waals surface area contributed by atoms with Crippen LogP contribution in [-0.2, 0) is 16.0 Å². The summed E-state index contributed by atoms with van der Waals surface area (Å²) < 4.78 is 0. The van der Waals surface area contributed by atoms with Crippen LogP contribution in [-0.4, -0.2) is 22.9 Å². The molecule has 3 rings (SSSR count). The molecular weight excluding hydrogens is 290 g/mol. The van der Waals surface area contributed by atoms with Gasteiger partial charge in [0.15, 0.2) is 5.78 Å². The van der Waals surface area contributed by atoms with Crippen molar-refractivity contribution in [2.24, 2.45) is 11.1 Å². The molecule has 1 atom stereocenters. The van der Waals surface area contributed by atoms with Gasteiger partial charge in [-0.25, -0.2) is 0 Å². The van der Waals surface area contributed by atoms with Crippen molar-refractivity contribution in [1.29, 1.82) is 0 Å². The van der Waals surface area contributed by atoms with Gasteiger partial charge in [-0.3, -0.25) is 9.59 Å². The Morgan fingerprint density at radius 3 is 2.61 bits per heavy atom. The zero-order valence-corrected chi connectivity index (χ0v) is 13.3. The zero-order chi connectivity index (χ0) is 16.4. The van der Waals surface area contributed by atoms with E-state index in [1.165, 1.54) is 11.1 Å². The number of hydrogen-bond acceptors (Lipinski definition) is 3. The quantitative estimate of drug-likeness (QED) is 0.846. The average Bonchev–Trinajstić information content (AvgIpc) is 3.16. The highest BCUT2D eigenvalue weighted by atomic mass is 16.4. The van der Waals surface area contributed by atoms with Crippen LogP contribution in [0.3, 0.4) is 0 Å². The van der Waals surface area contributed by atoms with Gasteiger partial charge in [0.05, 0.1) is 11.5 Å². The summed E-state index contributed by atoms with van der Waals surface area (Å²) >= 11 is 0. The van der Waals surface area contributed by atoms with E-state index in [1.807, 2.05) is 12.1 Å². The van der Waals surface area contributed by atoms with Crippen molar-refractivity contribution in [2.75, 3.05) is 0 Å². The Morgan fingerprint density at radius 1 is 1.22 bits per heavy atom. The van der Waals surface area contributed by atoms with Crippen LogP contribution in [0.25, 0.3) is 5.57 Å². The molecule has 122 valence electrons. The van der Waals surface area contributed by atoms with Crippen LogP contribution in [0, 0.1) is 5.41 Å². The molecule has 0 aliphatic heterocycles. The number of rotatable bonds is 6. The molecule has 0 amide bonds. The van der Waals surface area contributed by atoms with Gasteiger partial charge in [-0.2, -0.15) is 0 Å². The van der Waals surface area contributed by atoms with Crippen molar-refractivity contribution in [3.63, 3.8) is 0 Å². The molecule has 0 saturated heterocycles. The number of allylic oxidation sites excluding steroid dienone is 1. The molecule has 0 spiro atoms. The molecule has 0 heterocycles. The number of nitrogens with two attached hydrogens (primary N) is 1. The highest BCUT2D eigenvalue weighted by Gasteiger charge is 2.43. The van der Waals surface area contributed by atoms with Crippen molar-refractivity contribution in [3.05, 3.63) is 41.5 Å². The molecule has 2 aliphatic carbocycles. The summed E-state index contributed by atoms with van der Waals surface area (Å²) in [5.74, 6) is -0.972. The standard InChI is InChI=1S/C19H23NO3/c20-16(11-14-8-7-13-5-1-2-6-15(13)14)17(21)12-19(18(22)23)9-3-4-10-19/h1-2,5-6,8,16H,3-4,7,9-12,20H2,(H,22,23)/t16-/m1/s1. The maximum atomic E-state index is 12.5. The van der Waals surface area contributed by atoms with Crippen LogP contribution in [0.15, 0.2) is 30.3 Å². The molecule has 0 unspecified atom stereocenters. The van der Waals surface area contributed by atoms with Gasteiger partial charge in [0.2, 0.25) is 0 Å². The molecule has 1 saturated carbocycles. The van der Waals surface area contributed by atoms with Crippen molar-refractivity contribution >= 4 is 17.3 Å². The average molecular weight is 313 g/mol. The molecule has 0 radical (unpaired) electrons. The lowest BCUT2D eigenvalue weighted by molar-refractivity contribution is -0.151. The molecule has 0 aromatic heterocycles. The zero-order valence-electron chi connectivity index (χ0n) is 13.3. The number of carboxylic acid groups (broad SMARTS) is 1. The summed E-state index contributed by atoms with van der Waals surface area (Å²) in [5, 5.41) is 9.50. The van der Waals surface area contributed by atoms with E-state index in [0.29, 0.717) is 19.3 Å². The van der Waals surface area contributed by atoms with E-state index in [4.69, 9.17) is 5.73 Å². The monoisotopic (exact) mass is 313 g/mol. The summed E-state index contributed by atoms with van der Waals surface area (Å²) in [4.78, 5) is 24.1. The molecule has 3 N–H and O–H groups in total. The lowest BCUT2D eigenvalue weighted by atomic mass is 9.79. The number of hydrogen-bond donors (Lipinski definition) is 2. The maximum Gasteiger partial charge on any atom is 0.310 e. The molecule has 1 aromatic rings. The number of carbonyl (C=O) groups is 2. The Balaban J connectivity index is 1.66. The predicted molar refractivity (Wildman–Crippen MR) is 88.9 cm³/mol. The summed E-state index contributed by atoms with van der Waals surface area (Å²) in [6, 6.07) is 7.52. The van der Waals surface area contributed by atoms with Gasteiger partial charge < -0.3 is 10.8 Å². The van der Waals surface area contributed by atoms with Crippen LogP contribution < -0.4 is 5.73 Å². The van der Waals surface area contributed by atoms with E-state index in [9.17, 15) is 14.7 Å². The van der Waals surface area contributed by atoms with E-state index in [1.54, 1.807) is 0 Å². The largest absolute Gasteiger partial charge is 0.481 e. The second-order valence-corrected chi connectivity index (χ2v) is 6.84. The first-order valence-electron chi connectivity index (χ1n) is 8.31. The van der Waals surface area contributed by atoms with Gasteiger partial charge in [0, 0.05) is 6.42 Å². The molecular formula is C19H23NO3. The van der Waals surface area contributed by atoms with Crippen LogP contribution in [0.4, 0.5) is 0 Å². The lowest BCUT2D eigenvalue weighted by Gasteiger charge is -2.24. The number of benzene rings is 1. The van der Waals surface area contributed by atoms with Gasteiger partial charge in [-0.15, -0.1) is 0 Å². The Labute approximate surface area is 136 Å². The van der Waals surface area contributed by atoms with Gasteiger partial charge in [-0.1, -0.05) is 43.2 Å². The van der Waals surface area contributed by atoms with E-state index in [0.717, 1.165) is 24.8 Å². The first kappa shape index (κ1) is 15.9. The molecule has 0 bridgehead atoms. The third kappa shape index (κ3) is 3.08. The first-order valence-corrected chi connectivity index (χ1v) is 8.31.